The van der Waals surface area contributed by atoms with Gasteiger partial charge in [-0.25, -0.2) is 0 Å². The molecule has 1 fully saturated rings. The highest BCUT2D eigenvalue weighted by Crippen LogP contribution is 2.28. The van der Waals surface area contributed by atoms with Crippen molar-refractivity contribution in [2.75, 3.05) is 32.7 Å². The fourth-order valence-electron chi connectivity index (χ4n) is 2.61. The zero-order valence-corrected chi connectivity index (χ0v) is 11.3. The molecule has 1 unspecified atom stereocenters. The lowest BCUT2D eigenvalue weighted by molar-refractivity contribution is 0.208. The summed E-state index contributed by atoms with van der Waals surface area (Å²) in [6.45, 7) is 3.84. The smallest absolute Gasteiger partial charge is 0.0371 e. The summed E-state index contributed by atoms with van der Waals surface area (Å²) in [4.78, 5) is 0. The van der Waals surface area contributed by atoms with Crippen molar-refractivity contribution >= 4 is 0 Å². The summed E-state index contributed by atoms with van der Waals surface area (Å²) in [6, 6.07) is 0.482. The second-order valence-electron chi connectivity index (χ2n) is 5.35. The molecule has 6 nitrogen and oxygen atoms in total. The van der Waals surface area contributed by atoms with Crippen LogP contribution in [0.4, 0.5) is 0 Å². The predicted octanol–water partition coefficient (Wildman–Crippen LogP) is -1.95. The van der Waals surface area contributed by atoms with Crippen LogP contribution in [0, 0.1) is 0 Å². The van der Waals surface area contributed by atoms with Crippen LogP contribution in [0.2, 0.25) is 0 Å². The Morgan fingerprint density at radius 1 is 1.11 bits per heavy atom. The molecule has 6 heteroatoms. The number of nitrogens with two attached hydrogens (primary N) is 4. The third-order valence-corrected chi connectivity index (χ3v) is 3.90. The predicted molar refractivity (Wildman–Crippen MR) is 76.1 cm³/mol. The Hall–Kier alpha value is -0.240. The molecule has 0 aliphatic heterocycles. The van der Waals surface area contributed by atoms with Crippen LogP contribution >= 0.6 is 0 Å². The summed E-state index contributed by atoms with van der Waals surface area (Å²) in [5, 5.41) is 6.71. The van der Waals surface area contributed by atoms with E-state index in [9.17, 15) is 0 Å². The van der Waals surface area contributed by atoms with Gasteiger partial charge in [0, 0.05) is 50.3 Å². The van der Waals surface area contributed by atoms with E-state index in [4.69, 9.17) is 22.9 Å². The molecule has 1 atom stereocenters. The zero-order valence-electron chi connectivity index (χ0n) is 11.3. The molecule has 0 amide bonds. The molecule has 0 heterocycles. The molecule has 1 saturated carbocycles. The van der Waals surface area contributed by atoms with Gasteiger partial charge in [-0.3, -0.25) is 0 Å². The van der Waals surface area contributed by atoms with Crippen molar-refractivity contribution in [1.29, 1.82) is 0 Å². The minimum Gasteiger partial charge on any atom is -0.329 e. The fourth-order valence-corrected chi connectivity index (χ4v) is 2.61. The van der Waals surface area contributed by atoms with Gasteiger partial charge in [-0.1, -0.05) is 0 Å². The summed E-state index contributed by atoms with van der Waals surface area (Å²) < 4.78 is 0. The molecule has 0 aromatic rings. The number of nitrogens with one attached hydrogen (secondary N) is 2. The largest absolute Gasteiger partial charge is 0.329 e. The topological polar surface area (TPSA) is 128 Å². The number of hydrogen-bond donors (Lipinski definition) is 6. The van der Waals surface area contributed by atoms with E-state index in [0.717, 1.165) is 45.3 Å². The van der Waals surface area contributed by atoms with Crippen molar-refractivity contribution in [2.24, 2.45) is 22.9 Å². The van der Waals surface area contributed by atoms with E-state index in [1.807, 2.05) is 0 Å². The maximum Gasteiger partial charge on any atom is 0.0371 e. The van der Waals surface area contributed by atoms with Gasteiger partial charge in [0.2, 0.25) is 0 Å². The molecule has 0 aromatic carbocycles. The average molecular weight is 258 g/mol. The van der Waals surface area contributed by atoms with Gasteiger partial charge in [-0.2, -0.15) is 0 Å². The first-order chi connectivity index (χ1) is 8.62. The Morgan fingerprint density at radius 3 is 2.33 bits per heavy atom. The van der Waals surface area contributed by atoms with Crippen molar-refractivity contribution in [3.63, 3.8) is 0 Å². The molecule has 1 aliphatic carbocycles. The summed E-state index contributed by atoms with van der Waals surface area (Å²) in [5.74, 6) is 0. The normalized spacial score (nSPS) is 30.3. The molecule has 18 heavy (non-hydrogen) atoms. The number of rotatable bonds is 8. The minimum atomic E-state index is -0.196. The Kier molecular flexibility index (Phi) is 7.06. The first kappa shape index (κ1) is 15.8. The van der Waals surface area contributed by atoms with E-state index in [2.05, 4.69) is 10.6 Å². The van der Waals surface area contributed by atoms with E-state index in [1.54, 1.807) is 0 Å². The van der Waals surface area contributed by atoms with Gasteiger partial charge in [0.15, 0.2) is 0 Å². The molecule has 0 aromatic heterocycles. The van der Waals surface area contributed by atoms with E-state index in [-0.39, 0.29) is 11.6 Å². The van der Waals surface area contributed by atoms with E-state index in [0.29, 0.717) is 19.1 Å². The molecule has 1 rings (SSSR count). The first-order valence-corrected chi connectivity index (χ1v) is 7.01. The molecule has 0 radical (unpaired) electrons. The molecule has 10 N–H and O–H groups in total. The molecular formula is C12H30N6. The number of hydrogen-bond acceptors (Lipinski definition) is 6. The van der Waals surface area contributed by atoms with Gasteiger partial charge < -0.3 is 33.6 Å². The van der Waals surface area contributed by atoms with Crippen LogP contribution in [-0.2, 0) is 0 Å². The maximum atomic E-state index is 6.48. The lowest BCUT2D eigenvalue weighted by Crippen LogP contribution is -2.63. The van der Waals surface area contributed by atoms with Crippen LogP contribution in [0.5, 0.6) is 0 Å². The van der Waals surface area contributed by atoms with Crippen molar-refractivity contribution in [3.8, 4) is 0 Å². The highest BCUT2D eigenvalue weighted by Gasteiger charge is 2.36. The maximum absolute atomic E-state index is 6.48. The van der Waals surface area contributed by atoms with Crippen LogP contribution < -0.4 is 33.6 Å². The lowest BCUT2D eigenvalue weighted by Gasteiger charge is -2.42. The average Bonchev–Trinajstić information content (AvgIpc) is 2.37. The SMILES string of the molecule is NCCNCCNC(CN)C1(N)CCC(N)CC1. The van der Waals surface area contributed by atoms with Crippen LogP contribution in [0.3, 0.4) is 0 Å². The second kappa shape index (κ2) is 8.04. The Morgan fingerprint density at radius 2 is 1.78 bits per heavy atom. The molecule has 0 saturated heterocycles. The summed E-state index contributed by atoms with van der Waals surface area (Å²) >= 11 is 0. The van der Waals surface area contributed by atoms with Crippen LogP contribution in [-0.4, -0.2) is 50.3 Å². The van der Waals surface area contributed by atoms with Gasteiger partial charge in [0.25, 0.3) is 0 Å². The molecular weight excluding hydrogens is 228 g/mol. The lowest BCUT2D eigenvalue weighted by atomic mass is 9.75. The van der Waals surface area contributed by atoms with Crippen LogP contribution in [0.15, 0.2) is 0 Å². The van der Waals surface area contributed by atoms with Crippen LogP contribution in [0.25, 0.3) is 0 Å². The minimum absolute atomic E-state index is 0.171. The van der Waals surface area contributed by atoms with Crippen molar-refractivity contribution in [3.05, 3.63) is 0 Å². The van der Waals surface area contributed by atoms with E-state index in [1.165, 1.54) is 0 Å². The van der Waals surface area contributed by atoms with Crippen molar-refractivity contribution in [2.45, 2.75) is 43.3 Å². The van der Waals surface area contributed by atoms with Crippen LogP contribution in [0.1, 0.15) is 25.7 Å². The van der Waals surface area contributed by atoms with Gasteiger partial charge in [-0.05, 0) is 25.7 Å². The first-order valence-electron chi connectivity index (χ1n) is 7.01. The second-order valence-corrected chi connectivity index (χ2v) is 5.35. The monoisotopic (exact) mass is 258 g/mol. The Balaban J connectivity index is 2.30. The van der Waals surface area contributed by atoms with Gasteiger partial charge in [-0.15, -0.1) is 0 Å². The molecule has 0 bridgehead atoms. The van der Waals surface area contributed by atoms with E-state index < -0.39 is 0 Å². The highest BCUT2D eigenvalue weighted by atomic mass is 15.0. The van der Waals surface area contributed by atoms with Gasteiger partial charge in [0.1, 0.15) is 0 Å². The highest BCUT2D eigenvalue weighted by molar-refractivity contribution is 5.00. The van der Waals surface area contributed by atoms with Crippen molar-refractivity contribution in [1.82, 2.24) is 10.6 Å². The summed E-state index contributed by atoms with van der Waals surface area (Å²) in [5.41, 5.74) is 23.5. The summed E-state index contributed by atoms with van der Waals surface area (Å²) in [7, 11) is 0. The third-order valence-electron chi connectivity index (χ3n) is 3.90. The summed E-state index contributed by atoms with van der Waals surface area (Å²) in [6.07, 6.45) is 3.92. The van der Waals surface area contributed by atoms with Gasteiger partial charge in [0.05, 0.1) is 0 Å². The molecule has 0 spiro atoms. The third kappa shape index (κ3) is 4.79. The molecule has 1 aliphatic rings. The standard InChI is InChI=1S/C12H30N6/c13-5-6-17-7-8-18-11(9-14)12(16)3-1-10(15)2-4-12/h10-11,17-18H,1-9,13-16H2. The van der Waals surface area contributed by atoms with Gasteiger partial charge >= 0.3 is 0 Å². The molecule has 108 valence electrons. The Bertz CT molecular complexity index is 215. The Labute approximate surface area is 110 Å². The quantitative estimate of drug-likeness (QED) is 0.281. The fraction of sp³-hybridized carbons (Fsp3) is 1.00. The zero-order chi connectivity index (χ0) is 13.4. The van der Waals surface area contributed by atoms with E-state index >= 15 is 0 Å². The van der Waals surface area contributed by atoms with Crippen molar-refractivity contribution < 1.29 is 0 Å².